The molecule has 0 amide bonds. The summed E-state index contributed by atoms with van der Waals surface area (Å²) in [5.41, 5.74) is 1.35. The van der Waals surface area contributed by atoms with E-state index in [1.54, 1.807) is 0 Å². The lowest BCUT2D eigenvalue weighted by atomic mass is 10.1. The second kappa shape index (κ2) is 8.20. The molecule has 1 aromatic rings. The topological polar surface area (TPSA) is 24.9 Å². The molecule has 0 spiro atoms. The molecule has 122 valence electrons. The summed E-state index contributed by atoms with van der Waals surface area (Å²) in [4.78, 5) is 2.50. The van der Waals surface area contributed by atoms with Crippen LogP contribution in [0.3, 0.4) is 0 Å². The molecule has 5 heteroatoms. The van der Waals surface area contributed by atoms with Crippen LogP contribution in [0.25, 0.3) is 0 Å². The van der Waals surface area contributed by atoms with E-state index in [1.807, 2.05) is 11.9 Å². The van der Waals surface area contributed by atoms with Crippen LogP contribution in [-0.2, 0) is 4.74 Å². The molecule has 3 rings (SSSR count). The second-order valence-electron chi connectivity index (χ2n) is 5.74. The third kappa shape index (κ3) is 4.16. The summed E-state index contributed by atoms with van der Waals surface area (Å²) in [6.07, 6.45) is 1.09. The Morgan fingerprint density at radius 3 is 2.86 bits per heavy atom. The van der Waals surface area contributed by atoms with Crippen molar-refractivity contribution < 1.29 is 9.47 Å². The third-order valence-electron chi connectivity index (χ3n) is 4.30. The van der Waals surface area contributed by atoms with Gasteiger partial charge >= 0.3 is 0 Å². The van der Waals surface area contributed by atoms with Crippen molar-refractivity contribution in [2.75, 3.05) is 52.5 Å². The van der Waals surface area contributed by atoms with Gasteiger partial charge < -0.3 is 9.47 Å². The van der Waals surface area contributed by atoms with Gasteiger partial charge in [0.2, 0.25) is 0 Å². The summed E-state index contributed by atoms with van der Waals surface area (Å²) in [7, 11) is 0. The summed E-state index contributed by atoms with van der Waals surface area (Å²) in [6.45, 7) is 10.3. The zero-order valence-corrected chi connectivity index (χ0v) is 14.2. The average Bonchev–Trinajstić information content (AvgIpc) is 2.59. The standard InChI is InChI=1S/C17H26N2O2S/c1-2-19(9-8-18-10-13-20-14-11-18)22-17-7-12-21-16-6-4-3-5-15(16)17/h3-6,17H,2,7-14H2,1H3. The number of morpholine rings is 1. The maximum absolute atomic E-state index is 5.77. The van der Waals surface area contributed by atoms with Gasteiger partial charge in [0.05, 0.1) is 25.1 Å². The van der Waals surface area contributed by atoms with E-state index < -0.39 is 0 Å². The predicted molar refractivity (Wildman–Crippen MR) is 91.4 cm³/mol. The Kier molecular flexibility index (Phi) is 6.01. The van der Waals surface area contributed by atoms with E-state index in [0.717, 1.165) is 64.7 Å². The molecule has 0 N–H and O–H groups in total. The number of rotatable bonds is 6. The van der Waals surface area contributed by atoms with Gasteiger partial charge in [-0.1, -0.05) is 37.1 Å². The number of likely N-dealkylation sites (N-methyl/N-ethyl adjacent to an activating group) is 1. The highest BCUT2D eigenvalue weighted by Crippen LogP contribution is 2.41. The lowest BCUT2D eigenvalue weighted by molar-refractivity contribution is 0.0366. The van der Waals surface area contributed by atoms with Gasteiger partial charge in [0.1, 0.15) is 5.75 Å². The summed E-state index contributed by atoms with van der Waals surface area (Å²) in [5.74, 6) is 1.07. The Morgan fingerprint density at radius 2 is 2.05 bits per heavy atom. The normalized spacial score (nSPS) is 22.4. The third-order valence-corrected chi connectivity index (χ3v) is 5.78. The molecule has 2 aliphatic rings. The van der Waals surface area contributed by atoms with Crippen LogP contribution in [0.5, 0.6) is 5.75 Å². The van der Waals surface area contributed by atoms with Crippen LogP contribution in [0.4, 0.5) is 0 Å². The first-order valence-corrected chi connectivity index (χ1v) is 9.14. The highest BCUT2D eigenvalue weighted by atomic mass is 32.2. The first-order valence-electron chi connectivity index (χ1n) is 8.30. The molecular formula is C17H26N2O2S. The van der Waals surface area contributed by atoms with Crippen molar-refractivity contribution in [1.82, 2.24) is 9.21 Å². The molecule has 2 heterocycles. The Balaban J connectivity index is 1.54. The lowest BCUT2D eigenvalue weighted by Gasteiger charge is -2.32. The highest BCUT2D eigenvalue weighted by Gasteiger charge is 2.24. The van der Waals surface area contributed by atoms with Crippen LogP contribution in [0.1, 0.15) is 24.2 Å². The van der Waals surface area contributed by atoms with E-state index in [4.69, 9.17) is 9.47 Å². The summed E-state index contributed by atoms with van der Waals surface area (Å²) >= 11 is 1.99. The van der Waals surface area contributed by atoms with E-state index >= 15 is 0 Å². The molecule has 0 radical (unpaired) electrons. The monoisotopic (exact) mass is 322 g/mol. The van der Waals surface area contributed by atoms with Crippen molar-refractivity contribution in [2.45, 2.75) is 18.6 Å². The van der Waals surface area contributed by atoms with Crippen molar-refractivity contribution in [3.05, 3.63) is 29.8 Å². The van der Waals surface area contributed by atoms with Gasteiger partial charge in [0.15, 0.2) is 0 Å². The van der Waals surface area contributed by atoms with Crippen molar-refractivity contribution in [2.24, 2.45) is 0 Å². The largest absolute Gasteiger partial charge is 0.493 e. The minimum atomic E-state index is 0.523. The molecule has 0 bridgehead atoms. The number of ether oxygens (including phenoxy) is 2. The average molecular weight is 322 g/mol. The van der Waals surface area contributed by atoms with Crippen molar-refractivity contribution in [3.8, 4) is 5.75 Å². The summed E-state index contributed by atoms with van der Waals surface area (Å²) in [5, 5.41) is 0.523. The van der Waals surface area contributed by atoms with Crippen molar-refractivity contribution >= 4 is 11.9 Å². The van der Waals surface area contributed by atoms with E-state index in [9.17, 15) is 0 Å². The number of hydrogen-bond acceptors (Lipinski definition) is 5. The van der Waals surface area contributed by atoms with Gasteiger partial charge in [-0.05, 0) is 12.5 Å². The van der Waals surface area contributed by atoms with Crippen LogP contribution in [0, 0.1) is 0 Å². The van der Waals surface area contributed by atoms with E-state index in [1.165, 1.54) is 5.56 Å². The quantitative estimate of drug-likeness (QED) is 0.750. The zero-order valence-electron chi connectivity index (χ0n) is 13.4. The fourth-order valence-electron chi connectivity index (χ4n) is 2.96. The lowest BCUT2D eigenvalue weighted by Crippen LogP contribution is -2.40. The summed E-state index contributed by atoms with van der Waals surface area (Å²) < 4.78 is 13.7. The molecule has 1 fully saturated rings. The molecule has 22 heavy (non-hydrogen) atoms. The van der Waals surface area contributed by atoms with Crippen molar-refractivity contribution in [3.63, 3.8) is 0 Å². The van der Waals surface area contributed by atoms with Crippen molar-refractivity contribution in [1.29, 1.82) is 0 Å². The molecule has 1 atom stereocenters. The molecule has 1 aromatic carbocycles. The van der Waals surface area contributed by atoms with Gasteiger partial charge in [-0.3, -0.25) is 4.90 Å². The minimum absolute atomic E-state index is 0.523. The second-order valence-corrected chi connectivity index (χ2v) is 7.04. The molecule has 1 saturated heterocycles. The van der Waals surface area contributed by atoms with Crippen LogP contribution < -0.4 is 4.74 Å². The Morgan fingerprint density at radius 1 is 1.23 bits per heavy atom. The van der Waals surface area contributed by atoms with E-state index in [-0.39, 0.29) is 0 Å². The first-order chi connectivity index (χ1) is 10.9. The predicted octanol–water partition coefficient (Wildman–Crippen LogP) is 2.81. The first kappa shape index (κ1) is 16.1. The molecule has 4 nitrogen and oxygen atoms in total. The zero-order chi connectivity index (χ0) is 15.2. The summed E-state index contributed by atoms with van der Waals surface area (Å²) in [6, 6.07) is 8.47. The van der Waals surface area contributed by atoms with Crippen LogP contribution >= 0.6 is 11.9 Å². The number of para-hydroxylation sites is 1. The maximum Gasteiger partial charge on any atom is 0.123 e. The molecule has 1 unspecified atom stereocenters. The van der Waals surface area contributed by atoms with Crippen LogP contribution in [-0.4, -0.2) is 61.7 Å². The number of hydrogen-bond donors (Lipinski definition) is 0. The highest BCUT2D eigenvalue weighted by molar-refractivity contribution is 7.97. The maximum atomic E-state index is 5.77. The number of nitrogens with zero attached hydrogens (tertiary/aromatic N) is 2. The molecule has 0 aromatic heterocycles. The van der Waals surface area contributed by atoms with Gasteiger partial charge in [-0.15, -0.1) is 0 Å². The van der Waals surface area contributed by atoms with Gasteiger partial charge in [0.25, 0.3) is 0 Å². The van der Waals surface area contributed by atoms with E-state index in [2.05, 4.69) is 40.4 Å². The number of benzene rings is 1. The Hall–Kier alpha value is -0.750. The van der Waals surface area contributed by atoms with E-state index in [0.29, 0.717) is 5.25 Å². The Bertz CT molecular complexity index is 466. The molecule has 0 aliphatic carbocycles. The van der Waals surface area contributed by atoms with Gasteiger partial charge in [-0.2, -0.15) is 0 Å². The fourth-order valence-corrected chi connectivity index (χ4v) is 4.17. The smallest absolute Gasteiger partial charge is 0.123 e. The SMILES string of the molecule is CCN(CCN1CCOCC1)SC1CCOc2ccccc21. The van der Waals surface area contributed by atoms with Gasteiger partial charge in [-0.25, -0.2) is 4.31 Å². The molecule has 2 aliphatic heterocycles. The van der Waals surface area contributed by atoms with Gasteiger partial charge in [0, 0.05) is 38.3 Å². The molecule has 0 saturated carbocycles. The number of fused-ring (bicyclic) bond motifs is 1. The minimum Gasteiger partial charge on any atom is -0.493 e. The fraction of sp³-hybridized carbons (Fsp3) is 0.647. The van der Waals surface area contributed by atoms with Crippen LogP contribution in [0.15, 0.2) is 24.3 Å². The molecular weight excluding hydrogens is 296 g/mol. The Labute approximate surface area is 137 Å². The van der Waals surface area contributed by atoms with Crippen LogP contribution in [0.2, 0.25) is 0 Å².